The number of hydrogen-bond acceptors (Lipinski definition) is 3. The number of hydrogen-bond donors (Lipinski definition) is 1. The van der Waals surface area contributed by atoms with Crippen LogP contribution in [0.25, 0.3) is 0 Å². The van der Waals surface area contributed by atoms with Gasteiger partial charge in [-0.1, -0.05) is 18.9 Å². The predicted octanol–water partition coefficient (Wildman–Crippen LogP) is 3.14. The number of rotatable bonds is 4. The topological polar surface area (TPSA) is 46.9 Å². The van der Waals surface area contributed by atoms with Crippen LogP contribution in [0.15, 0.2) is 29.9 Å². The lowest BCUT2D eigenvalue weighted by atomic mass is 9.96. The van der Waals surface area contributed by atoms with Crippen LogP contribution in [-0.2, 0) is 7.05 Å². The summed E-state index contributed by atoms with van der Waals surface area (Å²) in [5.41, 5.74) is 0.632. The van der Waals surface area contributed by atoms with Crippen molar-refractivity contribution in [3.05, 3.63) is 40.3 Å². The van der Waals surface area contributed by atoms with Crippen molar-refractivity contribution in [2.24, 2.45) is 13.0 Å². The Labute approximate surface area is 122 Å². The van der Waals surface area contributed by atoms with Crippen molar-refractivity contribution < 1.29 is 4.79 Å². The molecule has 0 unspecified atom stereocenters. The molecular formula is C15H19N3OS. The summed E-state index contributed by atoms with van der Waals surface area (Å²) in [6.07, 6.45) is 8.33. The highest BCUT2D eigenvalue weighted by Crippen LogP contribution is 2.37. The van der Waals surface area contributed by atoms with Gasteiger partial charge in [0, 0.05) is 18.1 Å². The maximum Gasteiger partial charge on any atom is 0.254 e. The quantitative estimate of drug-likeness (QED) is 0.940. The second kappa shape index (κ2) is 5.79. The number of nitrogens with zero attached hydrogens (tertiary/aromatic N) is 2. The zero-order valence-electron chi connectivity index (χ0n) is 11.6. The molecule has 0 aromatic carbocycles. The van der Waals surface area contributed by atoms with Gasteiger partial charge < -0.3 is 5.32 Å². The van der Waals surface area contributed by atoms with Crippen LogP contribution in [-0.4, -0.2) is 15.7 Å². The van der Waals surface area contributed by atoms with E-state index in [4.69, 9.17) is 0 Å². The fourth-order valence-electron chi connectivity index (χ4n) is 2.94. The van der Waals surface area contributed by atoms with Crippen molar-refractivity contribution in [3.63, 3.8) is 0 Å². The first kappa shape index (κ1) is 13.4. The van der Waals surface area contributed by atoms with E-state index in [0.29, 0.717) is 11.5 Å². The molecule has 3 rings (SSSR count). The van der Waals surface area contributed by atoms with Gasteiger partial charge in [-0.15, -0.1) is 11.3 Å². The Hall–Kier alpha value is -1.62. The molecule has 0 radical (unpaired) electrons. The van der Waals surface area contributed by atoms with Gasteiger partial charge in [-0.2, -0.15) is 5.10 Å². The molecule has 2 aromatic rings. The fourth-order valence-corrected chi connectivity index (χ4v) is 3.81. The largest absolute Gasteiger partial charge is 0.344 e. The molecule has 2 heterocycles. The first-order valence-electron chi connectivity index (χ1n) is 7.07. The van der Waals surface area contributed by atoms with Crippen molar-refractivity contribution in [3.8, 4) is 0 Å². The smallest absolute Gasteiger partial charge is 0.254 e. The summed E-state index contributed by atoms with van der Waals surface area (Å²) in [5.74, 6) is 0.540. The minimum Gasteiger partial charge on any atom is -0.344 e. The number of carbonyl (C=O) groups is 1. The third kappa shape index (κ3) is 2.77. The average molecular weight is 289 g/mol. The van der Waals surface area contributed by atoms with E-state index in [1.54, 1.807) is 28.4 Å². The highest BCUT2D eigenvalue weighted by atomic mass is 32.1. The van der Waals surface area contributed by atoms with Crippen LogP contribution in [0.1, 0.15) is 47.0 Å². The summed E-state index contributed by atoms with van der Waals surface area (Å²) >= 11 is 1.72. The standard InChI is InChI=1S/C15H19N3OS/c1-18-10-12(9-16-18)15(19)17-14(11-5-2-3-6-11)13-7-4-8-20-13/h4,7-11,14H,2-3,5-6H2,1H3,(H,17,19)/t14-/m1/s1. The molecular weight excluding hydrogens is 270 g/mol. The maximum atomic E-state index is 12.4. The number of carbonyl (C=O) groups excluding carboxylic acids is 1. The molecule has 2 aromatic heterocycles. The van der Waals surface area contributed by atoms with E-state index in [1.165, 1.54) is 30.6 Å². The first-order chi connectivity index (χ1) is 9.74. The third-order valence-corrected chi connectivity index (χ3v) is 4.93. The molecule has 106 valence electrons. The molecule has 1 fully saturated rings. The second-order valence-electron chi connectivity index (χ2n) is 5.41. The molecule has 1 N–H and O–H groups in total. The summed E-state index contributed by atoms with van der Waals surface area (Å²) in [4.78, 5) is 13.6. The van der Waals surface area contributed by atoms with Crippen molar-refractivity contribution in [1.29, 1.82) is 0 Å². The van der Waals surface area contributed by atoms with Crippen LogP contribution in [0.3, 0.4) is 0 Å². The number of amides is 1. The first-order valence-corrected chi connectivity index (χ1v) is 7.95. The van der Waals surface area contributed by atoms with Crippen LogP contribution >= 0.6 is 11.3 Å². The second-order valence-corrected chi connectivity index (χ2v) is 6.39. The SMILES string of the molecule is Cn1cc(C(=O)N[C@@H](c2cccs2)C2CCCC2)cn1. The Bertz CT molecular complexity index is 570. The van der Waals surface area contributed by atoms with E-state index in [2.05, 4.69) is 27.9 Å². The molecule has 1 aliphatic rings. The van der Waals surface area contributed by atoms with E-state index in [1.807, 2.05) is 7.05 Å². The summed E-state index contributed by atoms with van der Waals surface area (Å²) in [5, 5.41) is 9.35. The summed E-state index contributed by atoms with van der Waals surface area (Å²) in [6.45, 7) is 0. The van der Waals surface area contributed by atoms with Crippen LogP contribution in [0.4, 0.5) is 0 Å². The number of aromatic nitrogens is 2. The summed E-state index contributed by atoms with van der Waals surface area (Å²) in [6, 6.07) is 4.32. The number of thiophene rings is 1. The molecule has 1 aliphatic carbocycles. The number of nitrogens with one attached hydrogen (secondary N) is 1. The molecule has 0 saturated heterocycles. The minimum atomic E-state index is -0.0246. The van der Waals surface area contributed by atoms with E-state index >= 15 is 0 Å². The lowest BCUT2D eigenvalue weighted by Crippen LogP contribution is -2.32. The van der Waals surface area contributed by atoms with Crippen molar-refractivity contribution in [2.45, 2.75) is 31.7 Å². The zero-order chi connectivity index (χ0) is 13.9. The van der Waals surface area contributed by atoms with Gasteiger partial charge >= 0.3 is 0 Å². The lowest BCUT2D eigenvalue weighted by Gasteiger charge is -2.23. The molecule has 20 heavy (non-hydrogen) atoms. The van der Waals surface area contributed by atoms with Gasteiger partial charge in [0.05, 0.1) is 17.8 Å². The minimum absolute atomic E-state index is 0.0246. The van der Waals surface area contributed by atoms with Gasteiger partial charge in [0.1, 0.15) is 0 Å². The van der Waals surface area contributed by atoms with Crippen molar-refractivity contribution >= 4 is 17.2 Å². The fraction of sp³-hybridized carbons (Fsp3) is 0.467. The molecule has 1 amide bonds. The highest BCUT2D eigenvalue weighted by molar-refractivity contribution is 7.10. The van der Waals surface area contributed by atoms with E-state index in [-0.39, 0.29) is 11.9 Å². The van der Waals surface area contributed by atoms with Gasteiger partial charge in [-0.25, -0.2) is 0 Å². The summed E-state index contributed by atoms with van der Waals surface area (Å²) in [7, 11) is 1.82. The Kier molecular flexibility index (Phi) is 3.87. The molecule has 5 heteroatoms. The Morgan fingerprint density at radius 3 is 2.90 bits per heavy atom. The molecule has 1 atom stereocenters. The number of aryl methyl sites for hydroxylation is 1. The third-order valence-electron chi connectivity index (χ3n) is 3.97. The monoisotopic (exact) mass is 289 g/mol. The van der Waals surface area contributed by atoms with E-state index in [0.717, 1.165) is 0 Å². The van der Waals surface area contributed by atoms with Gasteiger partial charge in [0.25, 0.3) is 5.91 Å². The van der Waals surface area contributed by atoms with Gasteiger partial charge in [-0.3, -0.25) is 9.48 Å². The maximum absolute atomic E-state index is 12.4. The van der Waals surface area contributed by atoms with Crippen LogP contribution in [0.5, 0.6) is 0 Å². The van der Waals surface area contributed by atoms with Crippen molar-refractivity contribution in [2.75, 3.05) is 0 Å². The van der Waals surface area contributed by atoms with Gasteiger partial charge in [0.15, 0.2) is 0 Å². The Morgan fingerprint density at radius 1 is 1.50 bits per heavy atom. The van der Waals surface area contributed by atoms with Gasteiger partial charge in [0.2, 0.25) is 0 Å². The molecule has 0 bridgehead atoms. The highest BCUT2D eigenvalue weighted by Gasteiger charge is 2.28. The zero-order valence-corrected chi connectivity index (χ0v) is 12.4. The van der Waals surface area contributed by atoms with Crippen LogP contribution in [0.2, 0.25) is 0 Å². The molecule has 1 saturated carbocycles. The van der Waals surface area contributed by atoms with Gasteiger partial charge in [-0.05, 0) is 30.2 Å². The average Bonchev–Trinajstić information content (AvgIpc) is 3.17. The molecule has 4 nitrogen and oxygen atoms in total. The van der Waals surface area contributed by atoms with E-state index in [9.17, 15) is 4.79 Å². The molecule has 0 aliphatic heterocycles. The Morgan fingerprint density at radius 2 is 2.30 bits per heavy atom. The van der Waals surface area contributed by atoms with Crippen molar-refractivity contribution in [1.82, 2.24) is 15.1 Å². The normalized spacial score (nSPS) is 17.2. The Balaban J connectivity index is 1.77. The van der Waals surface area contributed by atoms with Crippen LogP contribution < -0.4 is 5.32 Å². The van der Waals surface area contributed by atoms with E-state index < -0.39 is 0 Å². The summed E-state index contributed by atoms with van der Waals surface area (Å²) < 4.78 is 1.66. The lowest BCUT2D eigenvalue weighted by molar-refractivity contribution is 0.0922. The van der Waals surface area contributed by atoms with Crippen LogP contribution in [0, 0.1) is 5.92 Å². The predicted molar refractivity (Wildman–Crippen MR) is 79.7 cm³/mol. The molecule has 0 spiro atoms.